The molecule has 0 amide bonds. The topological polar surface area (TPSA) is 42.7 Å². The second-order valence-corrected chi connectivity index (χ2v) is 2.62. The summed E-state index contributed by atoms with van der Waals surface area (Å²) >= 11 is 0. The molecule has 0 saturated heterocycles. The van der Waals surface area contributed by atoms with Gasteiger partial charge in [0.25, 0.3) is 0 Å². The van der Waals surface area contributed by atoms with Crippen molar-refractivity contribution in [3.63, 3.8) is 0 Å². The summed E-state index contributed by atoms with van der Waals surface area (Å²) in [4.78, 5) is 1.58. The Balaban J connectivity index is 2.41. The van der Waals surface area contributed by atoms with Crippen LogP contribution >= 0.6 is 0 Å². The third kappa shape index (κ3) is 1.51. The molecule has 0 fully saturated rings. The standard InChI is InChI=1S/C9H10N4/c1-10-8-3-2-4-9(7-8)13-11-5-6-12-13/h2-7,10H,1H3. The molecule has 2 rings (SSSR count). The second-order valence-electron chi connectivity index (χ2n) is 2.62. The van der Waals surface area contributed by atoms with Crippen LogP contribution in [-0.4, -0.2) is 22.0 Å². The summed E-state index contributed by atoms with van der Waals surface area (Å²) in [5.74, 6) is 0. The lowest BCUT2D eigenvalue weighted by Crippen LogP contribution is -1.99. The van der Waals surface area contributed by atoms with Gasteiger partial charge in [0, 0.05) is 12.7 Å². The third-order valence-corrected chi connectivity index (χ3v) is 1.78. The molecule has 0 atom stereocenters. The molecular weight excluding hydrogens is 164 g/mol. The van der Waals surface area contributed by atoms with Gasteiger partial charge in [0.05, 0.1) is 18.1 Å². The van der Waals surface area contributed by atoms with Gasteiger partial charge >= 0.3 is 0 Å². The third-order valence-electron chi connectivity index (χ3n) is 1.78. The summed E-state index contributed by atoms with van der Waals surface area (Å²) in [5, 5.41) is 11.1. The van der Waals surface area contributed by atoms with Crippen LogP contribution in [0, 0.1) is 0 Å². The van der Waals surface area contributed by atoms with E-state index < -0.39 is 0 Å². The fourth-order valence-corrected chi connectivity index (χ4v) is 1.13. The van der Waals surface area contributed by atoms with Crippen LogP contribution in [0.1, 0.15) is 0 Å². The number of nitrogens with zero attached hydrogens (tertiary/aromatic N) is 3. The minimum Gasteiger partial charge on any atom is -0.388 e. The second kappa shape index (κ2) is 3.26. The molecule has 1 N–H and O–H groups in total. The number of aromatic nitrogens is 3. The lowest BCUT2D eigenvalue weighted by Gasteiger charge is -2.02. The zero-order valence-electron chi connectivity index (χ0n) is 7.31. The van der Waals surface area contributed by atoms with E-state index in [1.54, 1.807) is 17.2 Å². The Morgan fingerprint density at radius 3 is 2.69 bits per heavy atom. The average Bonchev–Trinajstić information content (AvgIpc) is 2.71. The molecule has 0 unspecified atom stereocenters. The average molecular weight is 174 g/mol. The Morgan fingerprint density at radius 1 is 1.23 bits per heavy atom. The van der Waals surface area contributed by atoms with E-state index in [1.165, 1.54) is 0 Å². The van der Waals surface area contributed by atoms with E-state index in [0.717, 1.165) is 11.4 Å². The van der Waals surface area contributed by atoms with Crippen LogP contribution in [0.25, 0.3) is 5.69 Å². The smallest absolute Gasteiger partial charge is 0.0877 e. The zero-order valence-corrected chi connectivity index (χ0v) is 7.31. The summed E-state index contributed by atoms with van der Waals surface area (Å²) in [5.41, 5.74) is 2.01. The van der Waals surface area contributed by atoms with Crippen molar-refractivity contribution in [1.29, 1.82) is 0 Å². The maximum atomic E-state index is 4.04. The van der Waals surface area contributed by atoms with E-state index >= 15 is 0 Å². The van der Waals surface area contributed by atoms with E-state index in [1.807, 2.05) is 31.3 Å². The Morgan fingerprint density at radius 2 is 2.00 bits per heavy atom. The minimum atomic E-state index is 0.955. The molecule has 1 heterocycles. The first-order valence-electron chi connectivity index (χ1n) is 4.04. The van der Waals surface area contributed by atoms with Gasteiger partial charge in [-0.1, -0.05) is 6.07 Å². The fourth-order valence-electron chi connectivity index (χ4n) is 1.13. The lowest BCUT2D eigenvalue weighted by molar-refractivity contribution is 0.752. The predicted molar refractivity (Wildman–Crippen MR) is 50.9 cm³/mol. The molecule has 0 aliphatic rings. The van der Waals surface area contributed by atoms with E-state index in [2.05, 4.69) is 15.5 Å². The SMILES string of the molecule is CNc1cccc(-n2nccn2)c1. The monoisotopic (exact) mass is 174 g/mol. The molecule has 0 radical (unpaired) electrons. The van der Waals surface area contributed by atoms with E-state index in [9.17, 15) is 0 Å². The molecule has 4 nitrogen and oxygen atoms in total. The number of nitrogens with one attached hydrogen (secondary N) is 1. The predicted octanol–water partition coefficient (Wildman–Crippen LogP) is 1.31. The highest BCUT2D eigenvalue weighted by Gasteiger charge is 1.96. The van der Waals surface area contributed by atoms with Gasteiger partial charge < -0.3 is 5.32 Å². The van der Waals surface area contributed by atoms with Crippen molar-refractivity contribution < 1.29 is 0 Å². The van der Waals surface area contributed by atoms with Gasteiger partial charge in [0.2, 0.25) is 0 Å². The van der Waals surface area contributed by atoms with Gasteiger partial charge in [-0.3, -0.25) is 0 Å². The van der Waals surface area contributed by atoms with E-state index in [-0.39, 0.29) is 0 Å². The van der Waals surface area contributed by atoms with Crippen molar-refractivity contribution in [2.24, 2.45) is 0 Å². The summed E-state index contributed by atoms with van der Waals surface area (Å²) < 4.78 is 0. The van der Waals surface area contributed by atoms with Crippen molar-refractivity contribution >= 4 is 5.69 Å². The Labute approximate surface area is 76.2 Å². The zero-order chi connectivity index (χ0) is 9.10. The first-order valence-corrected chi connectivity index (χ1v) is 4.04. The van der Waals surface area contributed by atoms with E-state index in [0.29, 0.717) is 0 Å². The van der Waals surface area contributed by atoms with Crippen LogP contribution in [-0.2, 0) is 0 Å². The highest BCUT2D eigenvalue weighted by atomic mass is 15.5. The van der Waals surface area contributed by atoms with Crippen molar-refractivity contribution in [2.45, 2.75) is 0 Å². The first kappa shape index (κ1) is 7.79. The van der Waals surface area contributed by atoms with Crippen LogP contribution in [0.15, 0.2) is 36.7 Å². The Bertz CT molecular complexity index is 380. The van der Waals surface area contributed by atoms with Crippen molar-refractivity contribution in [1.82, 2.24) is 15.0 Å². The van der Waals surface area contributed by atoms with Crippen molar-refractivity contribution in [2.75, 3.05) is 12.4 Å². The van der Waals surface area contributed by atoms with Crippen LogP contribution in [0.3, 0.4) is 0 Å². The van der Waals surface area contributed by atoms with Crippen LogP contribution in [0.2, 0.25) is 0 Å². The van der Waals surface area contributed by atoms with Crippen LogP contribution in [0.5, 0.6) is 0 Å². The van der Waals surface area contributed by atoms with Crippen LogP contribution in [0.4, 0.5) is 5.69 Å². The van der Waals surface area contributed by atoms with Crippen molar-refractivity contribution in [3.05, 3.63) is 36.7 Å². The summed E-state index contributed by atoms with van der Waals surface area (Å²) in [6.45, 7) is 0. The van der Waals surface area contributed by atoms with Gasteiger partial charge in [-0.05, 0) is 18.2 Å². The molecule has 0 spiro atoms. The van der Waals surface area contributed by atoms with Gasteiger partial charge in [-0.25, -0.2) is 0 Å². The Hall–Kier alpha value is -1.84. The number of hydrogen-bond donors (Lipinski definition) is 1. The quantitative estimate of drug-likeness (QED) is 0.746. The molecule has 2 aromatic rings. The number of anilines is 1. The maximum Gasteiger partial charge on any atom is 0.0877 e. The highest BCUT2D eigenvalue weighted by molar-refractivity contribution is 5.49. The summed E-state index contributed by atoms with van der Waals surface area (Å²) in [7, 11) is 1.88. The molecular formula is C9H10N4. The minimum absolute atomic E-state index is 0.955. The summed E-state index contributed by atoms with van der Waals surface area (Å²) in [6, 6.07) is 7.90. The fraction of sp³-hybridized carbons (Fsp3) is 0.111. The van der Waals surface area contributed by atoms with E-state index in [4.69, 9.17) is 0 Å². The normalized spacial score (nSPS) is 9.92. The summed E-state index contributed by atoms with van der Waals surface area (Å²) in [6.07, 6.45) is 3.32. The lowest BCUT2D eigenvalue weighted by atomic mass is 10.3. The molecule has 1 aromatic carbocycles. The maximum absolute atomic E-state index is 4.04. The molecule has 0 aliphatic heterocycles. The van der Waals surface area contributed by atoms with Gasteiger partial charge in [0.15, 0.2) is 0 Å². The molecule has 13 heavy (non-hydrogen) atoms. The molecule has 4 heteroatoms. The highest BCUT2D eigenvalue weighted by Crippen LogP contribution is 2.11. The molecule has 1 aromatic heterocycles. The van der Waals surface area contributed by atoms with Gasteiger partial charge in [-0.15, -0.1) is 0 Å². The molecule has 66 valence electrons. The van der Waals surface area contributed by atoms with Crippen molar-refractivity contribution in [3.8, 4) is 5.69 Å². The number of hydrogen-bond acceptors (Lipinski definition) is 3. The Kier molecular flexibility index (Phi) is 1.96. The number of rotatable bonds is 2. The van der Waals surface area contributed by atoms with Crippen LogP contribution < -0.4 is 5.32 Å². The number of benzene rings is 1. The molecule has 0 aliphatic carbocycles. The van der Waals surface area contributed by atoms with Gasteiger partial charge in [0.1, 0.15) is 0 Å². The largest absolute Gasteiger partial charge is 0.388 e. The molecule has 0 bridgehead atoms. The molecule has 0 saturated carbocycles. The van der Waals surface area contributed by atoms with Gasteiger partial charge in [-0.2, -0.15) is 15.0 Å². The first-order chi connectivity index (χ1) is 6.40.